The zero-order valence-electron chi connectivity index (χ0n) is 15.5. The molecule has 0 heterocycles. The van der Waals surface area contributed by atoms with Crippen LogP contribution in [0.1, 0.15) is 15.9 Å². The van der Waals surface area contributed by atoms with Gasteiger partial charge in [0.15, 0.2) is 6.61 Å². The number of halogens is 4. The van der Waals surface area contributed by atoms with Crippen LogP contribution in [-0.4, -0.2) is 38.0 Å². The monoisotopic (exact) mass is 444 g/mol. The third-order valence-corrected chi connectivity index (χ3v) is 3.96. The van der Waals surface area contributed by atoms with E-state index < -0.39 is 42.7 Å². The summed E-state index contributed by atoms with van der Waals surface area (Å²) < 4.78 is 47.2. The molecule has 0 saturated heterocycles. The van der Waals surface area contributed by atoms with Crippen molar-refractivity contribution in [2.24, 2.45) is 0 Å². The normalized spacial score (nSPS) is 10.8. The minimum Gasteiger partial charge on any atom is -0.495 e. The Bertz CT molecular complexity index is 933. The number of benzene rings is 2. The summed E-state index contributed by atoms with van der Waals surface area (Å²) >= 11 is 5.94. The number of nitrogens with one attached hydrogen (secondary N) is 2. The van der Waals surface area contributed by atoms with Crippen molar-refractivity contribution in [2.75, 3.05) is 25.6 Å². The molecule has 0 fully saturated rings. The van der Waals surface area contributed by atoms with Gasteiger partial charge in [0.25, 0.3) is 11.8 Å². The van der Waals surface area contributed by atoms with Gasteiger partial charge in [0.2, 0.25) is 0 Å². The average Bonchev–Trinajstić information content (AvgIpc) is 2.70. The van der Waals surface area contributed by atoms with Crippen LogP contribution in [0.2, 0.25) is 5.02 Å². The van der Waals surface area contributed by atoms with E-state index in [0.717, 1.165) is 24.3 Å². The van der Waals surface area contributed by atoms with Crippen LogP contribution in [0.3, 0.4) is 0 Å². The summed E-state index contributed by atoms with van der Waals surface area (Å²) in [5, 5.41) is 4.93. The molecular weight excluding hydrogens is 429 g/mol. The Morgan fingerprint density at radius 1 is 1.07 bits per heavy atom. The van der Waals surface area contributed by atoms with Gasteiger partial charge in [-0.25, -0.2) is 0 Å². The molecule has 2 aromatic carbocycles. The number of ether oxygens (including phenoxy) is 2. The van der Waals surface area contributed by atoms with Gasteiger partial charge >= 0.3 is 12.1 Å². The molecule has 0 aliphatic rings. The molecule has 0 unspecified atom stereocenters. The van der Waals surface area contributed by atoms with Gasteiger partial charge in [-0.2, -0.15) is 13.2 Å². The lowest BCUT2D eigenvalue weighted by Crippen LogP contribution is -2.32. The fraction of sp³-hybridized carbons (Fsp3) is 0.211. The van der Waals surface area contributed by atoms with Crippen molar-refractivity contribution in [1.29, 1.82) is 0 Å². The number of alkyl halides is 3. The van der Waals surface area contributed by atoms with Gasteiger partial charge in [-0.15, -0.1) is 0 Å². The molecular formula is C19H16ClF3N2O5. The van der Waals surface area contributed by atoms with Crippen molar-refractivity contribution >= 4 is 35.1 Å². The summed E-state index contributed by atoms with van der Waals surface area (Å²) in [4.78, 5) is 35.3. The maximum atomic E-state index is 12.5. The summed E-state index contributed by atoms with van der Waals surface area (Å²) in [6.07, 6.45) is -4.52. The first-order chi connectivity index (χ1) is 14.1. The van der Waals surface area contributed by atoms with E-state index >= 15 is 0 Å². The molecule has 11 heteroatoms. The second-order valence-electron chi connectivity index (χ2n) is 5.82. The zero-order valence-corrected chi connectivity index (χ0v) is 16.3. The highest BCUT2D eigenvalue weighted by Gasteiger charge is 2.30. The topological polar surface area (TPSA) is 93.7 Å². The SMILES string of the molecule is COc1ccc(NC(=O)COC(=O)CNC(=O)c2ccc(C(F)(F)F)cc2)cc1Cl. The van der Waals surface area contributed by atoms with E-state index in [0.29, 0.717) is 11.4 Å². The number of amides is 2. The van der Waals surface area contributed by atoms with Crippen LogP contribution in [-0.2, 0) is 20.5 Å². The number of esters is 1. The van der Waals surface area contributed by atoms with Gasteiger partial charge in [0.05, 0.1) is 17.7 Å². The summed E-state index contributed by atoms with van der Waals surface area (Å²) in [5.74, 6) is -1.89. The van der Waals surface area contributed by atoms with Crippen LogP contribution in [0.5, 0.6) is 5.75 Å². The van der Waals surface area contributed by atoms with Crippen molar-refractivity contribution < 1.29 is 37.0 Å². The number of carbonyl (C=O) groups excluding carboxylic acids is 3. The molecule has 0 spiro atoms. The molecule has 160 valence electrons. The quantitative estimate of drug-likeness (QED) is 0.639. The molecule has 0 aliphatic heterocycles. The van der Waals surface area contributed by atoms with E-state index in [2.05, 4.69) is 10.6 Å². The van der Waals surface area contributed by atoms with E-state index in [1.807, 2.05) is 0 Å². The number of rotatable bonds is 7. The van der Waals surface area contributed by atoms with Crippen LogP contribution in [0.25, 0.3) is 0 Å². The number of hydrogen-bond donors (Lipinski definition) is 2. The van der Waals surface area contributed by atoms with Crippen molar-refractivity contribution in [3.63, 3.8) is 0 Å². The van der Waals surface area contributed by atoms with Gasteiger partial charge in [-0.3, -0.25) is 14.4 Å². The standard InChI is InChI=1S/C19H16ClF3N2O5/c1-29-15-7-6-13(8-14(15)20)25-16(26)10-30-17(27)9-24-18(28)11-2-4-12(5-3-11)19(21,22)23/h2-8H,9-10H2,1H3,(H,24,28)(H,25,26). The van der Waals surface area contributed by atoms with Crippen molar-refractivity contribution in [2.45, 2.75) is 6.18 Å². The maximum Gasteiger partial charge on any atom is 0.416 e. The summed E-state index contributed by atoms with van der Waals surface area (Å²) in [7, 11) is 1.44. The molecule has 0 aromatic heterocycles. The molecule has 0 bridgehead atoms. The zero-order chi connectivity index (χ0) is 22.3. The lowest BCUT2D eigenvalue weighted by atomic mass is 10.1. The van der Waals surface area contributed by atoms with Crippen molar-refractivity contribution in [1.82, 2.24) is 5.32 Å². The van der Waals surface area contributed by atoms with Gasteiger partial charge < -0.3 is 20.1 Å². The van der Waals surface area contributed by atoms with Gasteiger partial charge in [0, 0.05) is 11.3 Å². The molecule has 2 rings (SSSR count). The van der Waals surface area contributed by atoms with E-state index in [4.69, 9.17) is 21.1 Å². The van der Waals surface area contributed by atoms with E-state index in [1.54, 1.807) is 6.07 Å². The lowest BCUT2D eigenvalue weighted by Gasteiger charge is -2.10. The molecule has 0 saturated carbocycles. The third kappa shape index (κ3) is 6.66. The Kier molecular flexibility index (Phi) is 7.65. The first kappa shape index (κ1) is 23.0. The molecule has 0 radical (unpaired) electrons. The van der Waals surface area contributed by atoms with Crippen LogP contribution in [0.15, 0.2) is 42.5 Å². The summed E-state index contributed by atoms with van der Waals surface area (Å²) in [5.41, 5.74) is -0.606. The Hall–Kier alpha value is -3.27. The van der Waals surface area contributed by atoms with Crippen LogP contribution < -0.4 is 15.4 Å². The number of methoxy groups -OCH3 is 1. The Balaban J connectivity index is 1.77. The van der Waals surface area contributed by atoms with E-state index in [-0.39, 0.29) is 10.6 Å². The van der Waals surface area contributed by atoms with Gasteiger partial charge in [-0.05, 0) is 42.5 Å². The molecule has 7 nitrogen and oxygen atoms in total. The second kappa shape index (κ2) is 9.97. The molecule has 30 heavy (non-hydrogen) atoms. The highest BCUT2D eigenvalue weighted by atomic mass is 35.5. The number of hydrogen-bond acceptors (Lipinski definition) is 5. The molecule has 0 aliphatic carbocycles. The van der Waals surface area contributed by atoms with E-state index in [9.17, 15) is 27.6 Å². The minimum absolute atomic E-state index is 0.0649. The lowest BCUT2D eigenvalue weighted by molar-refractivity contribution is -0.146. The maximum absolute atomic E-state index is 12.5. The van der Waals surface area contributed by atoms with Crippen molar-refractivity contribution in [3.05, 3.63) is 58.6 Å². The fourth-order valence-electron chi connectivity index (χ4n) is 2.20. The van der Waals surface area contributed by atoms with Crippen LogP contribution >= 0.6 is 11.6 Å². The average molecular weight is 445 g/mol. The predicted molar refractivity (Wildman–Crippen MR) is 101 cm³/mol. The molecule has 2 aromatic rings. The first-order valence-corrected chi connectivity index (χ1v) is 8.72. The second-order valence-corrected chi connectivity index (χ2v) is 6.22. The Labute approximate surface area is 174 Å². The Morgan fingerprint density at radius 3 is 2.30 bits per heavy atom. The molecule has 0 atom stereocenters. The first-order valence-electron chi connectivity index (χ1n) is 8.34. The molecule has 2 N–H and O–H groups in total. The summed E-state index contributed by atoms with van der Waals surface area (Å²) in [6.45, 7) is -1.18. The minimum atomic E-state index is -4.52. The van der Waals surface area contributed by atoms with Gasteiger partial charge in [-0.1, -0.05) is 11.6 Å². The number of carbonyl (C=O) groups is 3. The van der Waals surface area contributed by atoms with Crippen LogP contribution in [0, 0.1) is 0 Å². The highest BCUT2D eigenvalue weighted by molar-refractivity contribution is 6.32. The third-order valence-electron chi connectivity index (χ3n) is 3.67. The van der Waals surface area contributed by atoms with Gasteiger partial charge in [0.1, 0.15) is 12.3 Å². The Morgan fingerprint density at radius 2 is 1.73 bits per heavy atom. The molecule has 2 amide bonds. The number of anilines is 1. The van der Waals surface area contributed by atoms with E-state index in [1.165, 1.54) is 19.2 Å². The fourth-order valence-corrected chi connectivity index (χ4v) is 2.46. The van der Waals surface area contributed by atoms with Crippen LogP contribution in [0.4, 0.5) is 18.9 Å². The highest BCUT2D eigenvalue weighted by Crippen LogP contribution is 2.29. The smallest absolute Gasteiger partial charge is 0.416 e. The predicted octanol–water partition coefficient (Wildman–Crippen LogP) is 3.28. The van der Waals surface area contributed by atoms with Crippen molar-refractivity contribution in [3.8, 4) is 5.75 Å². The largest absolute Gasteiger partial charge is 0.495 e. The summed E-state index contributed by atoms with van der Waals surface area (Å²) in [6, 6.07) is 8.00.